The van der Waals surface area contributed by atoms with E-state index in [9.17, 15) is 9.59 Å². The Labute approximate surface area is 220 Å². The van der Waals surface area contributed by atoms with Crippen molar-refractivity contribution in [3.8, 4) is 22.6 Å². The molecule has 0 saturated carbocycles. The Morgan fingerprint density at radius 1 is 0.757 bits per heavy atom. The van der Waals surface area contributed by atoms with Gasteiger partial charge in [0.15, 0.2) is 5.58 Å². The Morgan fingerprint density at radius 3 is 2.35 bits per heavy atom. The highest BCUT2D eigenvalue weighted by Crippen LogP contribution is 2.31. The van der Waals surface area contributed by atoms with E-state index in [0.29, 0.717) is 60.6 Å². The van der Waals surface area contributed by atoms with Crippen LogP contribution in [0.3, 0.4) is 0 Å². The van der Waals surface area contributed by atoms with Gasteiger partial charge in [-0.3, -0.25) is 4.79 Å². The molecule has 0 aliphatic rings. The van der Waals surface area contributed by atoms with Crippen molar-refractivity contribution in [3.05, 3.63) is 117 Å². The predicted molar refractivity (Wildman–Crippen MR) is 145 cm³/mol. The third kappa shape index (κ3) is 4.48. The second kappa shape index (κ2) is 9.24. The number of halogens is 2. The number of amides is 1. The molecule has 0 radical (unpaired) electrons. The number of benzene rings is 4. The van der Waals surface area contributed by atoms with E-state index < -0.39 is 5.63 Å². The van der Waals surface area contributed by atoms with Gasteiger partial charge >= 0.3 is 5.63 Å². The highest BCUT2D eigenvalue weighted by molar-refractivity contribution is 6.42. The van der Waals surface area contributed by atoms with Crippen LogP contribution in [0.2, 0.25) is 10.0 Å². The summed E-state index contributed by atoms with van der Waals surface area (Å²) in [5.74, 6) is 0.0930. The Morgan fingerprint density at radius 2 is 1.54 bits per heavy atom. The Balaban J connectivity index is 1.22. The molecule has 0 aliphatic heterocycles. The van der Waals surface area contributed by atoms with Gasteiger partial charge in [0.2, 0.25) is 5.89 Å². The summed E-state index contributed by atoms with van der Waals surface area (Å²) in [5.41, 5.74) is 4.02. The van der Waals surface area contributed by atoms with Gasteiger partial charge in [0.25, 0.3) is 5.91 Å². The van der Waals surface area contributed by atoms with Gasteiger partial charge in [0.05, 0.1) is 15.6 Å². The molecule has 0 unspecified atom stereocenters. The largest absolute Gasteiger partial charge is 0.436 e. The average molecular weight is 527 g/mol. The number of carbonyl (C=O) groups is 1. The van der Waals surface area contributed by atoms with Gasteiger partial charge in [0, 0.05) is 22.2 Å². The van der Waals surface area contributed by atoms with Crippen LogP contribution in [0.25, 0.3) is 44.7 Å². The number of anilines is 1. The van der Waals surface area contributed by atoms with Crippen molar-refractivity contribution < 1.29 is 13.6 Å². The van der Waals surface area contributed by atoms with Crippen LogP contribution in [-0.2, 0) is 0 Å². The molecule has 0 aliphatic carbocycles. The summed E-state index contributed by atoms with van der Waals surface area (Å²) < 4.78 is 11.2. The van der Waals surface area contributed by atoms with Gasteiger partial charge < -0.3 is 14.2 Å². The molecule has 8 heteroatoms. The molecule has 0 atom stereocenters. The predicted octanol–water partition coefficient (Wildman–Crippen LogP) is 7.83. The fourth-order valence-corrected chi connectivity index (χ4v) is 4.32. The van der Waals surface area contributed by atoms with E-state index in [4.69, 9.17) is 32.0 Å². The van der Waals surface area contributed by atoms with E-state index in [0.717, 1.165) is 5.39 Å². The van der Waals surface area contributed by atoms with Crippen molar-refractivity contribution in [3.63, 3.8) is 0 Å². The zero-order valence-corrected chi connectivity index (χ0v) is 20.5. The van der Waals surface area contributed by atoms with Gasteiger partial charge in [-0.05, 0) is 66.2 Å². The van der Waals surface area contributed by atoms with Gasteiger partial charge in [0.1, 0.15) is 11.1 Å². The Kier molecular flexibility index (Phi) is 5.75. The molecular weight excluding hydrogens is 511 g/mol. The lowest BCUT2D eigenvalue weighted by Gasteiger charge is -2.07. The van der Waals surface area contributed by atoms with Crippen LogP contribution in [0.1, 0.15) is 10.4 Å². The summed E-state index contributed by atoms with van der Waals surface area (Å²) in [6.07, 6.45) is 0. The molecule has 1 amide bonds. The monoisotopic (exact) mass is 526 g/mol. The second-order valence-corrected chi connectivity index (χ2v) is 9.16. The van der Waals surface area contributed by atoms with Gasteiger partial charge in [-0.2, -0.15) is 0 Å². The summed E-state index contributed by atoms with van der Waals surface area (Å²) in [6.45, 7) is 0. The first-order valence-corrected chi connectivity index (χ1v) is 12.0. The number of fused-ring (bicyclic) bond motifs is 2. The molecule has 0 fully saturated rings. The van der Waals surface area contributed by atoms with E-state index >= 15 is 0 Å². The average Bonchev–Trinajstić information content (AvgIpc) is 3.33. The maximum Gasteiger partial charge on any atom is 0.344 e. The maximum absolute atomic E-state index is 12.9. The van der Waals surface area contributed by atoms with Crippen LogP contribution in [0, 0.1) is 0 Å². The summed E-state index contributed by atoms with van der Waals surface area (Å²) in [6, 6.07) is 26.2. The number of para-hydroxylation sites is 1. The number of rotatable bonds is 4. The van der Waals surface area contributed by atoms with Crippen LogP contribution in [0.4, 0.5) is 5.69 Å². The lowest BCUT2D eigenvalue weighted by atomic mass is 10.0. The minimum atomic E-state index is -0.433. The lowest BCUT2D eigenvalue weighted by molar-refractivity contribution is 0.102. The molecule has 6 nitrogen and oxygen atoms in total. The molecule has 180 valence electrons. The number of hydrogen-bond acceptors (Lipinski definition) is 5. The molecule has 0 spiro atoms. The minimum Gasteiger partial charge on any atom is -0.436 e. The highest BCUT2D eigenvalue weighted by Gasteiger charge is 2.13. The van der Waals surface area contributed by atoms with Crippen LogP contribution in [0.15, 0.2) is 105 Å². The van der Waals surface area contributed by atoms with Crippen molar-refractivity contribution in [1.29, 1.82) is 0 Å². The second-order valence-electron chi connectivity index (χ2n) is 8.35. The molecule has 2 aromatic heterocycles. The summed E-state index contributed by atoms with van der Waals surface area (Å²) in [5, 5.41) is 4.54. The third-order valence-corrected chi connectivity index (χ3v) is 6.65. The normalized spacial score (nSPS) is 11.2. The first-order chi connectivity index (χ1) is 17.9. The van der Waals surface area contributed by atoms with Crippen LogP contribution in [0.5, 0.6) is 0 Å². The van der Waals surface area contributed by atoms with Crippen LogP contribution >= 0.6 is 23.2 Å². The number of nitrogens with one attached hydrogen (secondary N) is 1. The summed E-state index contributed by atoms with van der Waals surface area (Å²) >= 11 is 12.1. The van der Waals surface area contributed by atoms with Crippen molar-refractivity contribution in [2.75, 3.05) is 5.32 Å². The molecule has 1 N–H and O–H groups in total. The summed E-state index contributed by atoms with van der Waals surface area (Å²) in [4.78, 5) is 29.8. The molecular formula is C29H16Cl2N2O4. The van der Waals surface area contributed by atoms with E-state index in [1.165, 1.54) is 0 Å². The number of nitrogens with zero attached hydrogens (tertiary/aromatic N) is 1. The standard InChI is InChI=1S/C29H16Cl2N2O4/c30-22-11-9-19(14-23(22)31)28-33-24-15-20(10-12-26(24)36-28)32-27(34)17-7-5-16(6-8-17)21-13-18-3-1-2-4-25(18)37-29(21)35/h1-15H,(H,32,34). The van der Waals surface area contributed by atoms with E-state index in [-0.39, 0.29) is 5.91 Å². The van der Waals surface area contributed by atoms with Crippen molar-refractivity contribution in [2.24, 2.45) is 0 Å². The molecule has 6 rings (SSSR count). The lowest BCUT2D eigenvalue weighted by Crippen LogP contribution is -2.11. The molecule has 4 aromatic carbocycles. The zero-order valence-electron chi connectivity index (χ0n) is 19.0. The van der Waals surface area contributed by atoms with Gasteiger partial charge in [-0.25, -0.2) is 9.78 Å². The minimum absolute atomic E-state index is 0.301. The topological polar surface area (TPSA) is 85.3 Å². The van der Waals surface area contributed by atoms with Crippen molar-refractivity contribution >= 4 is 56.9 Å². The molecule has 6 aromatic rings. The molecule has 0 bridgehead atoms. The first kappa shape index (κ1) is 23.0. The zero-order chi connectivity index (χ0) is 25.5. The fourth-order valence-electron chi connectivity index (χ4n) is 4.03. The van der Waals surface area contributed by atoms with Crippen molar-refractivity contribution in [1.82, 2.24) is 4.98 Å². The Hall–Kier alpha value is -4.39. The number of oxazole rings is 1. The Bertz CT molecular complexity index is 1870. The quantitative estimate of drug-likeness (QED) is 0.236. The third-order valence-electron chi connectivity index (χ3n) is 5.91. The van der Waals surface area contributed by atoms with E-state index in [1.54, 1.807) is 72.8 Å². The smallest absolute Gasteiger partial charge is 0.344 e. The molecule has 37 heavy (non-hydrogen) atoms. The number of hydrogen-bond donors (Lipinski definition) is 1. The highest BCUT2D eigenvalue weighted by atomic mass is 35.5. The molecule has 2 heterocycles. The van der Waals surface area contributed by atoms with Crippen LogP contribution < -0.4 is 10.9 Å². The first-order valence-electron chi connectivity index (χ1n) is 11.3. The van der Waals surface area contributed by atoms with Gasteiger partial charge in [-0.1, -0.05) is 53.5 Å². The molecule has 0 saturated heterocycles. The SMILES string of the molecule is O=C(Nc1ccc2oc(-c3ccc(Cl)c(Cl)c3)nc2c1)c1ccc(-c2cc3ccccc3oc2=O)cc1. The number of carbonyl (C=O) groups excluding carboxylic acids is 1. The number of aromatic nitrogens is 1. The maximum atomic E-state index is 12.9. The van der Waals surface area contributed by atoms with Crippen LogP contribution in [-0.4, -0.2) is 10.9 Å². The fraction of sp³-hybridized carbons (Fsp3) is 0. The van der Waals surface area contributed by atoms with Gasteiger partial charge in [-0.15, -0.1) is 0 Å². The summed E-state index contributed by atoms with van der Waals surface area (Å²) in [7, 11) is 0. The van der Waals surface area contributed by atoms with E-state index in [2.05, 4.69) is 10.3 Å². The van der Waals surface area contributed by atoms with E-state index in [1.807, 2.05) is 18.2 Å². The van der Waals surface area contributed by atoms with Crippen molar-refractivity contribution in [2.45, 2.75) is 0 Å².